The zero-order chi connectivity index (χ0) is 16.8. The van der Waals surface area contributed by atoms with E-state index in [1.54, 1.807) is 7.11 Å². The van der Waals surface area contributed by atoms with Crippen molar-refractivity contribution in [1.29, 1.82) is 0 Å². The minimum absolute atomic E-state index is 0.0730. The predicted octanol–water partition coefficient (Wildman–Crippen LogP) is 3.04. The van der Waals surface area contributed by atoms with E-state index >= 15 is 0 Å². The number of hydrogen-bond acceptors (Lipinski definition) is 5. The van der Waals surface area contributed by atoms with Crippen molar-refractivity contribution >= 4 is 11.8 Å². The Kier molecular flexibility index (Phi) is 7.03. The Balaban J connectivity index is 2.11. The molecule has 23 heavy (non-hydrogen) atoms. The van der Waals surface area contributed by atoms with Crippen molar-refractivity contribution in [3.05, 3.63) is 0 Å². The average Bonchev–Trinajstić information content (AvgIpc) is 2.44. The quantitative estimate of drug-likeness (QED) is 0.746. The van der Waals surface area contributed by atoms with E-state index in [4.69, 9.17) is 14.2 Å². The fourth-order valence-electron chi connectivity index (χ4n) is 3.76. The molecule has 0 N–H and O–H groups in total. The first-order valence-corrected chi connectivity index (χ1v) is 8.89. The van der Waals surface area contributed by atoms with Gasteiger partial charge in [0.15, 0.2) is 0 Å². The van der Waals surface area contributed by atoms with Gasteiger partial charge in [0.25, 0.3) is 0 Å². The molecular weight excluding hydrogens is 296 g/mol. The lowest BCUT2D eigenvalue weighted by Gasteiger charge is -2.33. The van der Waals surface area contributed by atoms with Crippen LogP contribution in [0, 0.1) is 5.92 Å². The third-order valence-electron chi connectivity index (χ3n) is 4.79. The molecule has 2 rings (SSSR count). The molecule has 0 unspecified atom stereocenters. The summed E-state index contributed by atoms with van der Waals surface area (Å²) in [6.07, 6.45) is 4.83. The van der Waals surface area contributed by atoms with Crippen molar-refractivity contribution in [3.8, 4) is 0 Å². The number of cyclic esters (lactones) is 1. The minimum atomic E-state index is -0.319. The first kappa shape index (κ1) is 18.4. The predicted molar refractivity (Wildman–Crippen MR) is 86.1 cm³/mol. The molecule has 2 saturated heterocycles. The minimum Gasteiger partial charge on any atom is -0.462 e. The highest BCUT2D eigenvalue weighted by Crippen LogP contribution is 2.28. The molecule has 0 amide bonds. The largest absolute Gasteiger partial charge is 0.462 e. The van der Waals surface area contributed by atoms with Crippen LogP contribution < -0.4 is 0 Å². The maximum atomic E-state index is 12.2. The van der Waals surface area contributed by atoms with Gasteiger partial charge in [-0.25, -0.2) is 0 Å². The summed E-state index contributed by atoms with van der Waals surface area (Å²) in [4.78, 5) is 24.1. The Hall–Kier alpha value is -0.940. The van der Waals surface area contributed by atoms with E-state index in [0.29, 0.717) is 18.8 Å². The highest BCUT2D eigenvalue weighted by molar-refractivity contribution is 5.81. The van der Waals surface area contributed by atoms with E-state index in [9.17, 15) is 9.59 Å². The van der Waals surface area contributed by atoms with Gasteiger partial charge in [-0.1, -0.05) is 20.3 Å². The van der Waals surface area contributed by atoms with Gasteiger partial charge in [-0.2, -0.15) is 0 Å². The summed E-state index contributed by atoms with van der Waals surface area (Å²) in [5.41, 5.74) is 0. The fraction of sp³-hybridized carbons (Fsp3) is 0.889. The molecule has 0 aliphatic carbocycles. The Labute approximate surface area is 139 Å². The highest BCUT2D eigenvalue weighted by Gasteiger charge is 2.33. The molecule has 0 aromatic carbocycles. The molecule has 0 radical (unpaired) electrons. The van der Waals surface area contributed by atoms with Crippen LogP contribution >= 0.6 is 0 Å². The van der Waals surface area contributed by atoms with Crippen molar-refractivity contribution in [3.63, 3.8) is 0 Å². The summed E-state index contributed by atoms with van der Waals surface area (Å²) in [7, 11) is 1.71. The van der Waals surface area contributed by atoms with Crippen LogP contribution in [0.15, 0.2) is 0 Å². The van der Waals surface area contributed by atoms with Gasteiger partial charge in [0, 0.05) is 26.4 Å². The summed E-state index contributed by atoms with van der Waals surface area (Å²) in [5.74, 6) is 0.344. The number of esters is 1. The Morgan fingerprint density at radius 1 is 1.09 bits per heavy atom. The Morgan fingerprint density at radius 2 is 1.83 bits per heavy atom. The number of hydrogen-bond donors (Lipinski definition) is 0. The number of Topliss-reactive ketones (excluding diaryl/α,β-unsaturated/α-hetero) is 1. The van der Waals surface area contributed by atoms with Crippen LogP contribution in [0.2, 0.25) is 0 Å². The standard InChI is InChI=1S/C18H30O5/c1-4-5-14-10-15(21-3)6-12(2)7-16-8-13(19)9-17(22-16)11-18(20)23-14/h12,14-17H,4-11H2,1-3H3/t12-,14-,15-,16+,17+/m0/s1. The lowest BCUT2D eigenvalue weighted by atomic mass is 9.89. The van der Waals surface area contributed by atoms with Crippen LogP contribution in [0.4, 0.5) is 0 Å². The van der Waals surface area contributed by atoms with Gasteiger partial charge in [0.2, 0.25) is 0 Å². The number of ketones is 1. The van der Waals surface area contributed by atoms with Gasteiger partial charge in [-0.3, -0.25) is 9.59 Å². The maximum absolute atomic E-state index is 12.2. The van der Waals surface area contributed by atoms with Crippen molar-refractivity contribution in [1.82, 2.24) is 0 Å². The molecule has 0 saturated carbocycles. The highest BCUT2D eigenvalue weighted by atomic mass is 16.6. The molecule has 2 aliphatic rings. The number of carbonyl (C=O) groups excluding carboxylic acids is 2. The smallest absolute Gasteiger partial charge is 0.308 e. The third kappa shape index (κ3) is 5.88. The summed E-state index contributed by atoms with van der Waals surface area (Å²) >= 11 is 0. The van der Waals surface area contributed by atoms with Gasteiger partial charge in [-0.05, 0) is 25.2 Å². The van der Waals surface area contributed by atoms with E-state index in [0.717, 1.165) is 32.1 Å². The molecule has 0 aromatic heterocycles. The number of fused-ring (bicyclic) bond motifs is 2. The second-order valence-corrected chi connectivity index (χ2v) is 7.10. The normalized spacial score (nSPS) is 36.7. The van der Waals surface area contributed by atoms with E-state index in [1.807, 2.05) is 0 Å². The lowest BCUT2D eigenvalue weighted by molar-refractivity contribution is -0.160. The topological polar surface area (TPSA) is 61.8 Å². The van der Waals surface area contributed by atoms with Gasteiger partial charge in [0.1, 0.15) is 11.9 Å². The van der Waals surface area contributed by atoms with Crippen LogP contribution in [0.3, 0.4) is 0 Å². The van der Waals surface area contributed by atoms with Gasteiger partial charge >= 0.3 is 5.97 Å². The third-order valence-corrected chi connectivity index (χ3v) is 4.79. The molecule has 0 aromatic rings. The molecule has 5 heteroatoms. The van der Waals surface area contributed by atoms with Gasteiger partial charge in [-0.15, -0.1) is 0 Å². The summed E-state index contributed by atoms with van der Waals surface area (Å²) in [5, 5.41) is 0. The molecule has 2 fully saturated rings. The van der Waals surface area contributed by atoms with Crippen molar-refractivity contribution < 1.29 is 23.8 Å². The first-order valence-electron chi connectivity index (χ1n) is 8.89. The molecule has 132 valence electrons. The molecule has 2 aliphatic heterocycles. The lowest BCUT2D eigenvalue weighted by Crippen LogP contribution is -2.37. The average molecular weight is 326 g/mol. The molecule has 2 heterocycles. The van der Waals surface area contributed by atoms with Crippen LogP contribution in [-0.2, 0) is 23.8 Å². The molecule has 5 nitrogen and oxygen atoms in total. The SMILES string of the molecule is CCC[C@H]1C[C@@H](OC)C[C@H](C)C[C@@H]2CC(=O)C[C@H](CC(=O)O1)O2. The number of carbonyl (C=O) groups is 2. The summed E-state index contributed by atoms with van der Waals surface area (Å²) in [6, 6.07) is 0. The second kappa shape index (κ2) is 8.78. The Morgan fingerprint density at radius 3 is 2.52 bits per heavy atom. The van der Waals surface area contributed by atoms with Crippen LogP contribution in [-0.4, -0.2) is 43.3 Å². The maximum Gasteiger partial charge on any atom is 0.308 e. The van der Waals surface area contributed by atoms with Gasteiger partial charge < -0.3 is 14.2 Å². The van der Waals surface area contributed by atoms with Gasteiger partial charge in [0.05, 0.1) is 24.7 Å². The molecule has 5 atom stereocenters. The van der Waals surface area contributed by atoms with E-state index in [2.05, 4.69) is 13.8 Å². The zero-order valence-electron chi connectivity index (χ0n) is 14.6. The number of methoxy groups -OCH3 is 1. The second-order valence-electron chi connectivity index (χ2n) is 7.10. The molecule has 2 bridgehead atoms. The van der Waals surface area contributed by atoms with Crippen LogP contribution in [0.1, 0.15) is 65.2 Å². The molecule has 0 spiro atoms. The fourth-order valence-corrected chi connectivity index (χ4v) is 3.76. The van der Waals surface area contributed by atoms with E-state index < -0.39 is 0 Å². The Bertz CT molecular complexity index is 408. The first-order chi connectivity index (χ1) is 11.0. The summed E-state index contributed by atoms with van der Waals surface area (Å²) in [6.45, 7) is 4.26. The zero-order valence-corrected chi connectivity index (χ0v) is 14.6. The van der Waals surface area contributed by atoms with E-state index in [-0.39, 0.29) is 42.6 Å². The van der Waals surface area contributed by atoms with Crippen molar-refractivity contribution in [2.75, 3.05) is 7.11 Å². The summed E-state index contributed by atoms with van der Waals surface area (Å²) < 4.78 is 17.2. The van der Waals surface area contributed by atoms with Crippen molar-refractivity contribution in [2.45, 2.75) is 89.6 Å². The van der Waals surface area contributed by atoms with E-state index in [1.165, 1.54) is 0 Å². The van der Waals surface area contributed by atoms with Crippen LogP contribution in [0.25, 0.3) is 0 Å². The van der Waals surface area contributed by atoms with Crippen LogP contribution in [0.5, 0.6) is 0 Å². The number of ether oxygens (including phenoxy) is 3. The van der Waals surface area contributed by atoms with Crippen molar-refractivity contribution in [2.24, 2.45) is 5.92 Å². The monoisotopic (exact) mass is 326 g/mol. The molecular formula is C18H30O5. The number of rotatable bonds is 3.